The van der Waals surface area contributed by atoms with E-state index in [0.29, 0.717) is 5.56 Å². The summed E-state index contributed by atoms with van der Waals surface area (Å²) in [5.74, 6) is 1.47. The van der Waals surface area contributed by atoms with E-state index in [1.165, 1.54) is 38.1 Å². The number of rotatable bonds is 3. The number of aryl methyl sites for hydroxylation is 1. The van der Waals surface area contributed by atoms with E-state index >= 15 is 0 Å². The minimum Gasteiger partial charge on any atom is -0.459 e. The molecule has 0 aliphatic carbocycles. The minimum atomic E-state index is -1.33. The van der Waals surface area contributed by atoms with Crippen LogP contribution in [0.25, 0.3) is 11.3 Å². The van der Waals surface area contributed by atoms with Gasteiger partial charge in [0, 0.05) is 5.56 Å². The van der Waals surface area contributed by atoms with Gasteiger partial charge >= 0.3 is 11.9 Å². The predicted molar refractivity (Wildman–Crippen MR) is 78.6 cm³/mol. The molecule has 0 spiro atoms. The Morgan fingerprint density at radius 2 is 1.92 bits per heavy atom. The maximum atomic E-state index is 13.0. The Bertz CT molecular complexity index is 785. The molecule has 1 aromatic carbocycles. The van der Waals surface area contributed by atoms with E-state index in [2.05, 4.69) is 9.89 Å². The topological polar surface area (TPSA) is 116 Å². The molecule has 0 aliphatic rings. The minimum absolute atomic E-state index is 0.0419. The first-order valence-corrected chi connectivity index (χ1v) is 6.89. The van der Waals surface area contributed by atoms with Crippen molar-refractivity contribution in [2.75, 3.05) is 6.61 Å². The van der Waals surface area contributed by atoms with Gasteiger partial charge in [0.2, 0.25) is 0 Å². The molecule has 1 aromatic heterocycles. The van der Waals surface area contributed by atoms with Crippen molar-refractivity contribution in [2.45, 2.75) is 13.8 Å². The lowest BCUT2D eigenvalue weighted by Crippen LogP contribution is -2.47. The van der Waals surface area contributed by atoms with Gasteiger partial charge in [0.1, 0.15) is 22.8 Å². The maximum absolute atomic E-state index is 13.0. The molecule has 1 heterocycles. The van der Waals surface area contributed by atoms with Gasteiger partial charge in [-0.25, -0.2) is 20.0 Å². The first kappa shape index (κ1) is 17.3. The molecule has 0 bridgehead atoms. The van der Waals surface area contributed by atoms with E-state index in [9.17, 15) is 18.8 Å². The molecule has 2 rings (SSSR count). The first-order valence-electron chi connectivity index (χ1n) is 6.89. The van der Waals surface area contributed by atoms with Crippen LogP contribution in [-0.2, 0) is 14.3 Å². The number of carbonyl (C=O) groups is 3. The molecule has 126 valence electrons. The number of benzene rings is 1. The Balaban J connectivity index is 2.36. The standard InChI is InChI=1S/C15H14FN3O5/c1-3-23-15(22)14(21)19(17)13(20)11-8(2)24-18-12(11)9-4-6-10(16)7-5-9/h4-7H,3,17H2,1-2H3. The van der Waals surface area contributed by atoms with Crippen molar-refractivity contribution in [2.24, 2.45) is 5.84 Å². The van der Waals surface area contributed by atoms with Crippen LogP contribution in [0.3, 0.4) is 0 Å². The molecule has 2 N–H and O–H groups in total. The average Bonchev–Trinajstić information content (AvgIpc) is 2.95. The smallest absolute Gasteiger partial charge is 0.398 e. The lowest BCUT2D eigenvalue weighted by Gasteiger charge is -2.13. The Morgan fingerprint density at radius 1 is 1.29 bits per heavy atom. The third kappa shape index (κ3) is 3.30. The van der Waals surface area contributed by atoms with Gasteiger partial charge < -0.3 is 9.26 Å². The summed E-state index contributed by atoms with van der Waals surface area (Å²) in [5, 5.41) is 3.86. The summed E-state index contributed by atoms with van der Waals surface area (Å²) in [6.07, 6.45) is 0. The van der Waals surface area contributed by atoms with Gasteiger partial charge in [-0.2, -0.15) is 0 Å². The zero-order valence-electron chi connectivity index (χ0n) is 12.9. The predicted octanol–water partition coefficient (Wildman–Crippen LogP) is 1.19. The van der Waals surface area contributed by atoms with Gasteiger partial charge in [0.05, 0.1) is 6.61 Å². The molecule has 0 atom stereocenters. The third-order valence-electron chi connectivity index (χ3n) is 3.08. The van der Waals surface area contributed by atoms with Gasteiger partial charge in [-0.15, -0.1) is 0 Å². The number of esters is 1. The van der Waals surface area contributed by atoms with E-state index in [0.717, 1.165) is 0 Å². The molecular formula is C15H14FN3O5. The van der Waals surface area contributed by atoms with Crippen molar-refractivity contribution >= 4 is 17.8 Å². The molecule has 2 amide bonds. The fraction of sp³-hybridized carbons (Fsp3) is 0.200. The highest BCUT2D eigenvalue weighted by atomic mass is 19.1. The second-order valence-corrected chi connectivity index (χ2v) is 4.67. The third-order valence-corrected chi connectivity index (χ3v) is 3.08. The van der Waals surface area contributed by atoms with E-state index in [1.54, 1.807) is 0 Å². The van der Waals surface area contributed by atoms with Crippen molar-refractivity contribution < 1.29 is 28.0 Å². The zero-order valence-corrected chi connectivity index (χ0v) is 12.9. The van der Waals surface area contributed by atoms with Crippen LogP contribution in [0, 0.1) is 12.7 Å². The number of nitrogens with two attached hydrogens (primary N) is 1. The second kappa shape index (κ2) is 7.01. The van der Waals surface area contributed by atoms with E-state index in [-0.39, 0.29) is 28.6 Å². The first-order chi connectivity index (χ1) is 11.4. The summed E-state index contributed by atoms with van der Waals surface area (Å²) < 4.78 is 22.5. The molecule has 0 unspecified atom stereocenters. The normalized spacial score (nSPS) is 10.3. The number of hydrazine groups is 1. The van der Waals surface area contributed by atoms with Gasteiger partial charge in [-0.1, -0.05) is 5.16 Å². The number of nitrogens with zero attached hydrogens (tertiary/aromatic N) is 2. The fourth-order valence-electron chi connectivity index (χ4n) is 1.93. The van der Waals surface area contributed by atoms with Crippen LogP contribution < -0.4 is 5.84 Å². The van der Waals surface area contributed by atoms with Crippen molar-refractivity contribution in [3.8, 4) is 11.3 Å². The van der Waals surface area contributed by atoms with Gasteiger partial charge in [0.25, 0.3) is 5.91 Å². The number of hydrogen-bond acceptors (Lipinski definition) is 7. The van der Waals surface area contributed by atoms with Crippen LogP contribution in [0.1, 0.15) is 23.0 Å². The van der Waals surface area contributed by atoms with Crippen LogP contribution in [-0.4, -0.2) is 34.6 Å². The lowest BCUT2D eigenvalue weighted by molar-refractivity contribution is -0.158. The average molecular weight is 335 g/mol. The summed E-state index contributed by atoms with van der Waals surface area (Å²) in [4.78, 5) is 35.6. The SMILES string of the molecule is CCOC(=O)C(=O)N(N)C(=O)c1c(-c2ccc(F)cc2)noc1C. The fourth-order valence-corrected chi connectivity index (χ4v) is 1.93. The summed E-state index contributed by atoms with van der Waals surface area (Å²) >= 11 is 0. The Morgan fingerprint density at radius 3 is 2.50 bits per heavy atom. The monoisotopic (exact) mass is 335 g/mol. The quantitative estimate of drug-likeness (QED) is 0.294. The summed E-state index contributed by atoms with van der Waals surface area (Å²) in [6.45, 7) is 2.90. The number of amides is 2. The van der Waals surface area contributed by atoms with Crippen LogP contribution in [0.4, 0.5) is 4.39 Å². The number of carbonyl (C=O) groups excluding carboxylic acids is 3. The Labute approximate surface area is 135 Å². The van der Waals surface area contributed by atoms with E-state index < -0.39 is 23.6 Å². The van der Waals surface area contributed by atoms with Crippen molar-refractivity contribution in [1.82, 2.24) is 10.2 Å². The second-order valence-electron chi connectivity index (χ2n) is 4.67. The summed E-state index contributed by atoms with van der Waals surface area (Å²) in [5.41, 5.74) is 0.347. The number of hydrogen-bond donors (Lipinski definition) is 1. The van der Waals surface area contributed by atoms with Crippen LogP contribution in [0.2, 0.25) is 0 Å². The van der Waals surface area contributed by atoms with Crippen LogP contribution >= 0.6 is 0 Å². The van der Waals surface area contributed by atoms with Gasteiger partial charge in [-0.05, 0) is 38.1 Å². The molecule has 2 aromatic rings. The van der Waals surface area contributed by atoms with E-state index in [1.807, 2.05) is 0 Å². The zero-order chi connectivity index (χ0) is 17.9. The number of halogens is 1. The van der Waals surface area contributed by atoms with Crippen molar-refractivity contribution in [1.29, 1.82) is 0 Å². The molecule has 0 aliphatic heterocycles. The highest BCUT2D eigenvalue weighted by Crippen LogP contribution is 2.26. The number of imide groups is 1. The molecular weight excluding hydrogens is 321 g/mol. The van der Waals surface area contributed by atoms with E-state index in [4.69, 9.17) is 10.4 Å². The molecule has 0 fully saturated rings. The Hall–Kier alpha value is -3.07. The number of ether oxygens (including phenoxy) is 1. The largest absolute Gasteiger partial charge is 0.459 e. The molecule has 0 saturated carbocycles. The molecule has 8 nitrogen and oxygen atoms in total. The maximum Gasteiger partial charge on any atom is 0.398 e. The van der Waals surface area contributed by atoms with Crippen molar-refractivity contribution in [3.05, 3.63) is 41.4 Å². The molecule has 0 radical (unpaired) electrons. The Kier molecular flexibility index (Phi) is 5.05. The molecule has 0 saturated heterocycles. The molecule has 24 heavy (non-hydrogen) atoms. The highest BCUT2D eigenvalue weighted by Gasteiger charge is 2.32. The lowest BCUT2D eigenvalue weighted by atomic mass is 10.1. The highest BCUT2D eigenvalue weighted by molar-refractivity contribution is 6.36. The molecule has 9 heteroatoms. The number of aromatic nitrogens is 1. The summed E-state index contributed by atoms with van der Waals surface area (Å²) in [7, 11) is 0. The van der Waals surface area contributed by atoms with Crippen molar-refractivity contribution in [3.63, 3.8) is 0 Å². The van der Waals surface area contributed by atoms with Gasteiger partial charge in [-0.3, -0.25) is 9.59 Å². The van der Waals surface area contributed by atoms with Gasteiger partial charge in [0.15, 0.2) is 0 Å². The summed E-state index contributed by atoms with van der Waals surface area (Å²) in [6, 6.07) is 5.13. The van der Waals surface area contributed by atoms with Crippen LogP contribution in [0.15, 0.2) is 28.8 Å². The van der Waals surface area contributed by atoms with Crippen LogP contribution in [0.5, 0.6) is 0 Å².